The SMILES string of the molecule is CCCCCCC(=O)C(C#N)c1ccncc1. The van der Waals surface area contributed by atoms with E-state index in [4.69, 9.17) is 5.26 Å². The summed E-state index contributed by atoms with van der Waals surface area (Å²) < 4.78 is 0. The molecular weight excluding hydrogens is 212 g/mol. The van der Waals surface area contributed by atoms with Gasteiger partial charge in [-0.2, -0.15) is 5.26 Å². The van der Waals surface area contributed by atoms with Gasteiger partial charge in [-0.05, 0) is 24.1 Å². The minimum atomic E-state index is -0.625. The van der Waals surface area contributed by atoms with Gasteiger partial charge >= 0.3 is 0 Å². The van der Waals surface area contributed by atoms with Gasteiger partial charge in [0, 0.05) is 18.8 Å². The first kappa shape index (κ1) is 13.4. The second-order valence-corrected chi connectivity index (χ2v) is 4.12. The van der Waals surface area contributed by atoms with Crippen molar-refractivity contribution in [3.8, 4) is 6.07 Å². The monoisotopic (exact) mass is 230 g/mol. The molecule has 0 saturated heterocycles. The van der Waals surface area contributed by atoms with E-state index < -0.39 is 5.92 Å². The molecular formula is C14H18N2O. The molecule has 0 aliphatic heterocycles. The van der Waals surface area contributed by atoms with Gasteiger partial charge in [0.2, 0.25) is 0 Å². The van der Waals surface area contributed by atoms with Gasteiger partial charge in [-0.3, -0.25) is 9.78 Å². The van der Waals surface area contributed by atoms with Crippen molar-refractivity contribution >= 4 is 5.78 Å². The highest BCUT2D eigenvalue weighted by Crippen LogP contribution is 2.18. The van der Waals surface area contributed by atoms with Crippen LogP contribution in [-0.2, 0) is 4.79 Å². The van der Waals surface area contributed by atoms with Crippen LogP contribution in [0.5, 0.6) is 0 Å². The number of Topliss-reactive ketones (excluding diaryl/α,β-unsaturated/α-hetero) is 1. The Bertz CT molecular complexity index is 381. The van der Waals surface area contributed by atoms with E-state index in [9.17, 15) is 4.79 Å². The Hall–Kier alpha value is -1.69. The molecule has 0 aliphatic rings. The lowest BCUT2D eigenvalue weighted by Gasteiger charge is -2.07. The first-order chi connectivity index (χ1) is 8.29. The second-order valence-electron chi connectivity index (χ2n) is 4.12. The molecule has 17 heavy (non-hydrogen) atoms. The maximum Gasteiger partial charge on any atom is 0.154 e. The average Bonchev–Trinajstić information content (AvgIpc) is 2.37. The van der Waals surface area contributed by atoms with E-state index in [1.807, 2.05) is 0 Å². The fraction of sp³-hybridized carbons (Fsp3) is 0.500. The standard InChI is InChI=1S/C14H18N2O/c1-2-3-4-5-6-14(17)13(11-15)12-7-9-16-10-8-12/h7-10,13H,2-6H2,1H3. The number of carbonyl (C=O) groups excluding carboxylic acids is 1. The predicted octanol–water partition coefficient (Wildman–Crippen LogP) is 3.23. The normalized spacial score (nSPS) is 11.8. The molecule has 1 rings (SSSR count). The predicted molar refractivity (Wildman–Crippen MR) is 66.4 cm³/mol. The molecule has 1 aromatic heterocycles. The van der Waals surface area contributed by atoms with E-state index in [1.54, 1.807) is 24.5 Å². The first-order valence-electron chi connectivity index (χ1n) is 6.11. The summed E-state index contributed by atoms with van der Waals surface area (Å²) in [6.07, 6.45) is 7.99. The number of nitrogens with zero attached hydrogens (tertiary/aromatic N) is 2. The Balaban J connectivity index is 2.52. The summed E-state index contributed by atoms with van der Waals surface area (Å²) in [6.45, 7) is 2.14. The van der Waals surface area contributed by atoms with Crippen LogP contribution in [0.1, 0.15) is 50.5 Å². The Kier molecular flexibility index (Phi) is 5.95. The molecule has 0 fully saturated rings. The van der Waals surface area contributed by atoms with Crippen LogP contribution in [-0.4, -0.2) is 10.8 Å². The second kappa shape index (κ2) is 7.56. The third kappa shape index (κ3) is 4.36. The number of hydrogen-bond donors (Lipinski definition) is 0. The van der Waals surface area contributed by atoms with Crippen LogP contribution < -0.4 is 0 Å². The Morgan fingerprint density at radius 3 is 2.65 bits per heavy atom. The summed E-state index contributed by atoms with van der Waals surface area (Å²) in [5.41, 5.74) is 0.753. The zero-order chi connectivity index (χ0) is 12.5. The number of carbonyl (C=O) groups is 1. The zero-order valence-electron chi connectivity index (χ0n) is 10.2. The summed E-state index contributed by atoms with van der Waals surface area (Å²) in [5.74, 6) is -0.602. The fourth-order valence-corrected chi connectivity index (χ4v) is 1.76. The molecule has 0 saturated carbocycles. The third-order valence-corrected chi connectivity index (χ3v) is 2.77. The van der Waals surface area contributed by atoms with Crippen molar-refractivity contribution in [1.82, 2.24) is 4.98 Å². The summed E-state index contributed by atoms with van der Waals surface area (Å²) in [6, 6.07) is 5.55. The van der Waals surface area contributed by atoms with Crippen molar-refractivity contribution in [2.75, 3.05) is 0 Å². The van der Waals surface area contributed by atoms with E-state index in [0.717, 1.165) is 31.2 Å². The van der Waals surface area contributed by atoms with E-state index in [0.29, 0.717) is 6.42 Å². The molecule has 0 aromatic carbocycles. The number of nitriles is 1. The molecule has 1 aromatic rings. The van der Waals surface area contributed by atoms with Crippen molar-refractivity contribution < 1.29 is 4.79 Å². The maximum absolute atomic E-state index is 11.9. The van der Waals surface area contributed by atoms with Gasteiger partial charge in [-0.15, -0.1) is 0 Å². The molecule has 0 aliphatic carbocycles. The van der Waals surface area contributed by atoms with Crippen molar-refractivity contribution in [3.05, 3.63) is 30.1 Å². The maximum atomic E-state index is 11.9. The number of hydrogen-bond acceptors (Lipinski definition) is 3. The molecule has 1 unspecified atom stereocenters. The smallest absolute Gasteiger partial charge is 0.154 e. The molecule has 0 spiro atoms. The van der Waals surface area contributed by atoms with E-state index in [1.165, 1.54) is 0 Å². The van der Waals surface area contributed by atoms with Crippen LogP contribution in [0.4, 0.5) is 0 Å². The zero-order valence-corrected chi connectivity index (χ0v) is 10.2. The molecule has 0 bridgehead atoms. The number of unbranched alkanes of at least 4 members (excludes halogenated alkanes) is 3. The molecule has 0 N–H and O–H groups in total. The van der Waals surface area contributed by atoms with Crippen molar-refractivity contribution in [3.63, 3.8) is 0 Å². The Morgan fingerprint density at radius 1 is 1.35 bits per heavy atom. The van der Waals surface area contributed by atoms with Crippen LogP contribution in [0.25, 0.3) is 0 Å². The third-order valence-electron chi connectivity index (χ3n) is 2.77. The molecule has 1 heterocycles. The van der Waals surface area contributed by atoms with Gasteiger partial charge in [-0.25, -0.2) is 0 Å². The van der Waals surface area contributed by atoms with Crippen LogP contribution in [0.3, 0.4) is 0 Å². The van der Waals surface area contributed by atoms with Crippen LogP contribution in [0, 0.1) is 11.3 Å². The highest BCUT2D eigenvalue weighted by atomic mass is 16.1. The average molecular weight is 230 g/mol. The van der Waals surface area contributed by atoms with Gasteiger partial charge in [-0.1, -0.05) is 26.2 Å². The number of ketones is 1. The topological polar surface area (TPSA) is 53.8 Å². The summed E-state index contributed by atoms with van der Waals surface area (Å²) >= 11 is 0. The number of rotatable bonds is 7. The largest absolute Gasteiger partial charge is 0.298 e. The minimum Gasteiger partial charge on any atom is -0.298 e. The lowest BCUT2D eigenvalue weighted by atomic mass is 9.94. The Labute approximate surface area is 102 Å². The van der Waals surface area contributed by atoms with Gasteiger partial charge in [0.15, 0.2) is 5.78 Å². The first-order valence-corrected chi connectivity index (χ1v) is 6.11. The minimum absolute atomic E-state index is 0.0230. The van der Waals surface area contributed by atoms with Crippen LogP contribution >= 0.6 is 0 Å². The molecule has 3 heteroatoms. The summed E-state index contributed by atoms with van der Waals surface area (Å²) in [7, 11) is 0. The highest BCUT2D eigenvalue weighted by Gasteiger charge is 2.18. The van der Waals surface area contributed by atoms with Crippen molar-refractivity contribution in [2.24, 2.45) is 0 Å². The van der Waals surface area contributed by atoms with Gasteiger partial charge in [0.05, 0.1) is 6.07 Å². The lowest BCUT2D eigenvalue weighted by Crippen LogP contribution is -2.10. The number of pyridine rings is 1. The summed E-state index contributed by atoms with van der Waals surface area (Å²) in [4.78, 5) is 15.8. The van der Waals surface area contributed by atoms with Crippen molar-refractivity contribution in [2.45, 2.75) is 44.9 Å². The fourth-order valence-electron chi connectivity index (χ4n) is 1.76. The Morgan fingerprint density at radius 2 is 2.06 bits per heavy atom. The number of aromatic nitrogens is 1. The molecule has 0 radical (unpaired) electrons. The molecule has 3 nitrogen and oxygen atoms in total. The summed E-state index contributed by atoms with van der Waals surface area (Å²) in [5, 5.41) is 9.06. The quantitative estimate of drug-likeness (QED) is 0.676. The van der Waals surface area contributed by atoms with E-state index in [-0.39, 0.29) is 5.78 Å². The van der Waals surface area contributed by atoms with Crippen molar-refractivity contribution in [1.29, 1.82) is 5.26 Å². The molecule has 0 amide bonds. The van der Waals surface area contributed by atoms with E-state index in [2.05, 4.69) is 18.0 Å². The van der Waals surface area contributed by atoms with E-state index >= 15 is 0 Å². The molecule has 90 valence electrons. The van der Waals surface area contributed by atoms with Crippen LogP contribution in [0.15, 0.2) is 24.5 Å². The van der Waals surface area contributed by atoms with Gasteiger partial charge in [0.25, 0.3) is 0 Å². The lowest BCUT2D eigenvalue weighted by molar-refractivity contribution is -0.119. The highest BCUT2D eigenvalue weighted by molar-refractivity contribution is 5.88. The van der Waals surface area contributed by atoms with Gasteiger partial charge in [0.1, 0.15) is 5.92 Å². The van der Waals surface area contributed by atoms with Gasteiger partial charge < -0.3 is 0 Å². The molecule has 1 atom stereocenters. The van der Waals surface area contributed by atoms with Crippen LogP contribution in [0.2, 0.25) is 0 Å².